The third kappa shape index (κ3) is 5.60. The minimum atomic E-state index is -3.54. The fourth-order valence-corrected chi connectivity index (χ4v) is 4.22. The summed E-state index contributed by atoms with van der Waals surface area (Å²) in [5.41, 5.74) is 1.35. The molecule has 0 unspecified atom stereocenters. The van der Waals surface area contributed by atoms with Gasteiger partial charge in [-0.3, -0.25) is 4.79 Å². The molecule has 0 saturated heterocycles. The van der Waals surface area contributed by atoms with Gasteiger partial charge in [-0.15, -0.1) is 10.2 Å². The van der Waals surface area contributed by atoms with E-state index in [1.165, 1.54) is 50.1 Å². The maximum Gasteiger partial charge on any atom is 0.276 e. The first kappa shape index (κ1) is 22.3. The molecule has 0 aliphatic carbocycles. The molecule has 11 heteroatoms. The van der Waals surface area contributed by atoms with E-state index in [0.717, 1.165) is 9.87 Å². The van der Waals surface area contributed by atoms with E-state index in [2.05, 4.69) is 15.5 Å². The first-order chi connectivity index (χ1) is 14.3. The molecular formula is C19H19ClN4O4S2. The first-order valence-corrected chi connectivity index (χ1v) is 11.6. The molecule has 3 rings (SSSR count). The van der Waals surface area contributed by atoms with E-state index in [0.29, 0.717) is 21.6 Å². The Bertz CT molecular complexity index is 1130. The Balaban J connectivity index is 1.54. The van der Waals surface area contributed by atoms with Crippen LogP contribution in [0.1, 0.15) is 21.8 Å². The van der Waals surface area contributed by atoms with Gasteiger partial charge in [-0.05, 0) is 42.0 Å². The molecule has 3 aromatic rings. The maximum atomic E-state index is 12.3. The lowest BCUT2D eigenvalue weighted by molar-refractivity contribution is 0.0946. The molecule has 0 atom stereocenters. The van der Waals surface area contributed by atoms with Gasteiger partial charge in [-0.25, -0.2) is 12.7 Å². The van der Waals surface area contributed by atoms with Crippen LogP contribution in [-0.4, -0.2) is 42.9 Å². The molecule has 0 aliphatic heterocycles. The van der Waals surface area contributed by atoms with Crippen molar-refractivity contribution in [3.8, 4) is 0 Å². The van der Waals surface area contributed by atoms with Gasteiger partial charge in [0.25, 0.3) is 11.1 Å². The van der Waals surface area contributed by atoms with Crippen LogP contribution >= 0.6 is 23.4 Å². The van der Waals surface area contributed by atoms with E-state index in [4.69, 9.17) is 16.0 Å². The Morgan fingerprint density at radius 3 is 2.57 bits per heavy atom. The minimum absolute atomic E-state index is 0.0569. The van der Waals surface area contributed by atoms with Crippen LogP contribution in [0.15, 0.2) is 63.1 Å². The minimum Gasteiger partial charge on any atom is -0.414 e. The number of aromatic nitrogens is 2. The second-order valence-corrected chi connectivity index (χ2v) is 9.89. The molecule has 0 aliphatic rings. The number of hydrogen-bond donors (Lipinski definition) is 1. The van der Waals surface area contributed by atoms with Crippen molar-refractivity contribution in [1.82, 2.24) is 19.8 Å². The average molecular weight is 467 g/mol. The highest BCUT2D eigenvalue weighted by Crippen LogP contribution is 2.23. The number of sulfonamides is 1. The average Bonchev–Trinajstić information content (AvgIpc) is 3.18. The number of thioether (sulfide) groups is 1. The van der Waals surface area contributed by atoms with Gasteiger partial charge in [0.1, 0.15) is 0 Å². The largest absolute Gasteiger partial charge is 0.414 e. The van der Waals surface area contributed by atoms with Crippen LogP contribution in [0, 0.1) is 0 Å². The zero-order valence-corrected chi connectivity index (χ0v) is 18.6. The molecule has 0 bridgehead atoms. The van der Waals surface area contributed by atoms with Gasteiger partial charge in [0.15, 0.2) is 0 Å². The number of nitrogens with one attached hydrogen (secondary N) is 1. The molecule has 0 fully saturated rings. The number of halogens is 1. The highest BCUT2D eigenvalue weighted by atomic mass is 35.5. The lowest BCUT2D eigenvalue weighted by Crippen LogP contribution is -2.24. The van der Waals surface area contributed by atoms with Crippen LogP contribution in [0.2, 0.25) is 5.02 Å². The number of benzene rings is 2. The highest BCUT2D eigenvalue weighted by Gasteiger charge is 2.17. The van der Waals surface area contributed by atoms with Gasteiger partial charge in [0.05, 0.1) is 11.4 Å². The lowest BCUT2D eigenvalue weighted by Gasteiger charge is -2.11. The van der Waals surface area contributed by atoms with Crippen LogP contribution in [0.3, 0.4) is 0 Å². The summed E-state index contributed by atoms with van der Waals surface area (Å²) in [5.74, 6) is 0.510. The normalized spacial score (nSPS) is 11.6. The van der Waals surface area contributed by atoms with E-state index in [9.17, 15) is 13.2 Å². The number of nitrogens with zero attached hydrogens (tertiary/aromatic N) is 3. The number of carbonyl (C=O) groups excluding carboxylic acids is 1. The van der Waals surface area contributed by atoms with Crippen LogP contribution in [0.4, 0.5) is 0 Å². The Morgan fingerprint density at radius 1 is 1.17 bits per heavy atom. The summed E-state index contributed by atoms with van der Waals surface area (Å²) in [4.78, 5) is 12.4. The van der Waals surface area contributed by atoms with Gasteiger partial charge >= 0.3 is 0 Å². The van der Waals surface area contributed by atoms with Crippen LogP contribution < -0.4 is 5.32 Å². The van der Waals surface area contributed by atoms with Crippen molar-refractivity contribution in [2.24, 2.45) is 0 Å². The molecule has 1 amide bonds. The van der Waals surface area contributed by atoms with Crippen LogP contribution in [0.25, 0.3) is 0 Å². The van der Waals surface area contributed by atoms with Crippen molar-refractivity contribution in [3.05, 3.63) is 70.6 Å². The van der Waals surface area contributed by atoms with E-state index >= 15 is 0 Å². The van der Waals surface area contributed by atoms with E-state index in [1.807, 2.05) is 18.2 Å². The van der Waals surface area contributed by atoms with Crippen molar-refractivity contribution >= 4 is 39.3 Å². The van der Waals surface area contributed by atoms with Crippen LogP contribution in [0.5, 0.6) is 0 Å². The van der Waals surface area contributed by atoms with Gasteiger partial charge in [0, 0.05) is 30.4 Å². The summed E-state index contributed by atoms with van der Waals surface area (Å²) in [7, 11) is -0.649. The number of amides is 1. The van der Waals surface area contributed by atoms with E-state index in [1.54, 1.807) is 6.07 Å². The molecule has 1 heterocycles. The van der Waals surface area contributed by atoms with Gasteiger partial charge < -0.3 is 9.73 Å². The quantitative estimate of drug-likeness (QED) is 0.508. The molecule has 1 aromatic heterocycles. The van der Waals surface area contributed by atoms with Crippen molar-refractivity contribution < 1.29 is 17.6 Å². The lowest BCUT2D eigenvalue weighted by atomic mass is 10.2. The predicted octanol–water partition coefficient (Wildman–Crippen LogP) is 3.20. The Kier molecular flexibility index (Phi) is 7.14. The Morgan fingerprint density at radius 2 is 1.90 bits per heavy atom. The molecule has 0 saturated carbocycles. The Hall–Kier alpha value is -2.40. The fourth-order valence-electron chi connectivity index (χ4n) is 2.39. The number of rotatable bonds is 8. The number of carbonyl (C=O) groups is 1. The summed E-state index contributed by atoms with van der Waals surface area (Å²) in [6.45, 7) is 0.0569. The SMILES string of the molecule is CN(C)S(=O)(=O)c1ccc(C(=O)NCc2nnc(SCc3cccc(Cl)c3)o2)cc1. The van der Waals surface area contributed by atoms with Gasteiger partial charge in [0.2, 0.25) is 15.9 Å². The molecular weight excluding hydrogens is 448 g/mol. The maximum absolute atomic E-state index is 12.3. The van der Waals surface area contributed by atoms with Gasteiger partial charge in [-0.1, -0.05) is 35.5 Å². The predicted molar refractivity (Wildman–Crippen MR) is 114 cm³/mol. The third-order valence-corrected chi connectivity index (χ3v) is 6.95. The van der Waals surface area contributed by atoms with Gasteiger partial charge in [-0.2, -0.15) is 0 Å². The van der Waals surface area contributed by atoms with Crippen molar-refractivity contribution in [2.45, 2.75) is 22.4 Å². The second kappa shape index (κ2) is 9.61. The van der Waals surface area contributed by atoms with Crippen molar-refractivity contribution in [1.29, 1.82) is 0 Å². The van der Waals surface area contributed by atoms with Crippen molar-refractivity contribution in [3.63, 3.8) is 0 Å². The summed E-state index contributed by atoms with van der Waals surface area (Å²) < 4.78 is 30.8. The second-order valence-electron chi connectivity index (χ2n) is 6.37. The zero-order valence-electron chi connectivity index (χ0n) is 16.2. The summed E-state index contributed by atoms with van der Waals surface area (Å²) in [6.07, 6.45) is 0. The summed E-state index contributed by atoms with van der Waals surface area (Å²) in [5, 5.41) is 11.6. The molecule has 0 spiro atoms. The highest BCUT2D eigenvalue weighted by molar-refractivity contribution is 7.98. The molecule has 1 N–H and O–H groups in total. The smallest absolute Gasteiger partial charge is 0.276 e. The standard InChI is InChI=1S/C19H19ClN4O4S2/c1-24(2)30(26,27)16-8-6-14(7-9-16)18(25)21-11-17-22-23-19(28-17)29-12-13-4-3-5-15(20)10-13/h3-10H,11-12H2,1-2H3,(H,21,25). The molecule has 158 valence electrons. The zero-order chi connectivity index (χ0) is 21.7. The molecule has 0 radical (unpaired) electrons. The number of hydrogen-bond acceptors (Lipinski definition) is 7. The topological polar surface area (TPSA) is 105 Å². The van der Waals surface area contributed by atoms with E-state index in [-0.39, 0.29) is 23.2 Å². The monoisotopic (exact) mass is 466 g/mol. The molecule has 30 heavy (non-hydrogen) atoms. The third-order valence-electron chi connectivity index (χ3n) is 3.99. The molecule has 2 aromatic carbocycles. The summed E-state index contributed by atoms with van der Waals surface area (Å²) in [6, 6.07) is 13.2. The summed E-state index contributed by atoms with van der Waals surface area (Å²) >= 11 is 7.33. The molecule has 8 nitrogen and oxygen atoms in total. The first-order valence-electron chi connectivity index (χ1n) is 8.76. The van der Waals surface area contributed by atoms with Crippen molar-refractivity contribution in [2.75, 3.05) is 14.1 Å². The Labute approximate surface area is 183 Å². The van der Waals surface area contributed by atoms with Crippen LogP contribution in [-0.2, 0) is 22.3 Å². The fraction of sp³-hybridized carbons (Fsp3) is 0.211. The van der Waals surface area contributed by atoms with E-state index < -0.39 is 10.0 Å².